The Balaban J connectivity index is 1.76. The van der Waals surface area contributed by atoms with Gasteiger partial charge in [-0.2, -0.15) is 0 Å². The van der Waals surface area contributed by atoms with Crippen molar-refractivity contribution in [1.82, 2.24) is 15.7 Å². The number of benzene rings is 1. The number of nitrogens with zero attached hydrogens (tertiary/aromatic N) is 1. The highest BCUT2D eigenvalue weighted by molar-refractivity contribution is 5.89. The fourth-order valence-corrected chi connectivity index (χ4v) is 4.42. The molecule has 2 amide bonds. The van der Waals surface area contributed by atoms with Crippen LogP contribution >= 0.6 is 0 Å². The van der Waals surface area contributed by atoms with Gasteiger partial charge in [0, 0.05) is 25.6 Å². The molecule has 3 rings (SSSR count). The average Bonchev–Trinajstić information content (AvgIpc) is 3.32. The minimum absolute atomic E-state index is 0.155. The summed E-state index contributed by atoms with van der Waals surface area (Å²) in [6, 6.07) is 9.26. The number of amides is 2. The van der Waals surface area contributed by atoms with E-state index >= 15 is 0 Å². The molecule has 0 aliphatic carbocycles. The number of hydrogen-bond donors (Lipinski definition) is 2. The molecule has 1 unspecified atom stereocenters. The van der Waals surface area contributed by atoms with Crippen LogP contribution in [0.4, 0.5) is 0 Å². The number of methoxy groups -OCH3 is 1. The summed E-state index contributed by atoms with van der Waals surface area (Å²) in [5, 5.41) is 7.87. The molecular weight excluding hydrogens is 382 g/mol. The number of ether oxygens (including phenoxy) is 1. The molecule has 30 heavy (non-hydrogen) atoms. The average molecular weight is 418 g/mol. The van der Waals surface area contributed by atoms with Gasteiger partial charge in [0.15, 0.2) is 0 Å². The number of hydroxylamine groups is 2. The standard InChI is InChI=1S/C23H35N3O4/c1-16(18-10-5-4-6-11-18)20(23(28)26-14-7-8-15-30-26)25-22(27)17(2)21(29-3)19-12-9-13-24-19/h4-6,10-11,16-17,19-21,24H,7-9,12-15H2,1-3H3,(H,25,27)/t16?,17-,19+,20+,21-/m1/s1. The summed E-state index contributed by atoms with van der Waals surface area (Å²) in [6.07, 6.45) is 3.68. The molecule has 0 saturated carbocycles. The van der Waals surface area contributed by atoms with Crippen molar-refractivity contribution >= 4 is 11.8 Å². The van der Waals surface area contributed by atoms with Crippen molar-refractivity contribution in [3.05, 3.63) is 35.9 Å². The van der Waals surface area contributed by atoms with E-state index < -0.39 is 6.04 Å². The van der Waals surface area contributed by atoms with E-state index in [1.165, 1.54) is 5.06 Å². The Bertz CT molecular complexity index is 687. The zero-order chi connectivity index (χ0) is 21.5. The van der Waals surface area contributed by atoms with Gasteiger partial charge in [0.2, 0.25) is 5.91 Å². The molecule has 2 N–H and O–H groups in total. The molecular formula is C23H35N3O4. The molecule has 5 atom stereocenters. The summed E-state index contributed by atoms with van der Waals surface area (Å²) in [4.78, 5) is 32.1. The monoisotopic (exact) mass is 417 g/mol. The van der Waals surface area contributed by atoms with E-state index in [9.17, 15) is 9.59 Å². The lowest BCUT2D eigenvalue weighted by Crippen LogP contribution is -2.55. The van der Waals surface area contributed by atoms with Gasteiger partial charge >= 0.3 is 0 Å². The third kappa shape index (κ3) is 5.39. The van der Waals surface area contributed by atoms with Crippen LogP contribution in [0, 0.1) is 5.92 Å². The van der Waals surface area contributed by atoms with Gasteiger partial charge in [0.25, 0.3) is 5.91 Å². The summed E-state index contributed by atoms with van der Waals surface area (Å²) >= 11 is 0. The summed E-state index contributed by atoms with van der Waals surface area (Å²) in [6.45, 7) is 5.86. The fourth-order valence-electron chi connectivity index (χ4n) is 4.42. The molecule has 2 heterocycles. The van der Waals surface area contributed by atoms with Gasteiger partial charge in [0.1, 0.15) is 6.04 Å². The third-order valence-corrected chi connectivity index (χ3v) is 6.31. The number of nitrogens with one attached hydrogen (secondary N) is 2. The summed E-state index contributed by atoms with van der Waals surface area (Å²) in [5.74, 6) is -0.939. The van der Waals surface area contributed by atoms with Crippen LogP contribution in [0.2, 0.25) is 0 Å². The van der Waals surface area contributed by atoms with Crippen LogP contribution in [0.15, 0.2) is 30.3 Å². The van der Waals surface area contributed by atoms with Gasteiger partial charge < -0.3 is 15.4 Å². The van der Waals surface area contributed by atoms with Crippen molar-refractivity contribution in [1.29, 1.82) is 0 Å². The van der Waals surface area contributed by atoms with Crippen molar-refractivity contribution in [3.63, 3.8) is 0 Å². The Morgan fingerprint density at radius 1 is 1.20 bits per heavy atom. The number of carbonyl (C=O) groups excluding carboxylic acids is 2. The minimum atomic E-state index is -0.700. The first kappa shape index (κ1) is 22.7. The zero-order valence-corrected chi connectivity index (χ0v) is 18.3. The van der Waals surface area contributed by atoms with Gasteiger partial charge in [-0.05, 0) is 37.8 Å². The maximum atomic E-state index is 13.3. The van der Waals surface area contributed by atoms with Crippen molar-refractivity contribution in [2.75, 3.05) is 26.8 Å². The van der Waals surface area contributed by atoms with Crippen molar-refractivity contribution in [2.24, 2.45) is 5.92 Å². The van der Waals surface area contributed by atoms with E-state index in [2.05, 4.69) is 10.6 Å². The van der Waals surface area contributed by atoms with E-state index in [4.69, 9.17) is 9.57 Å². The largest absolute Gasteiger partial charge is 0.379 e. The Morgan fingerprint density at radius 3 is 2.57 bits per heavy atom. The molecule has 2 aliphatic rings. The molecule has 0 bridgehead atoms. The van der Waals surface area contributed by atoms with Crippen molar-refractivity contribution in [2.45, 2.75) is 63.6 Å². The van der Waals surface area contributed by atoms with Crippen LogP contribution in [0.1, 0.15) is 51.0 Å². The lowest BCUT2D eigenvalue weighted by Gasteiger charge is -2.34. The van der Waals surface area contributed by atoms with Crippen LogP contribution in [0.3, 0.4) is 0 Å². The van der Waals surface area contributed by atoms with Crippen molar-refractivity contribution in [3.8, 4) is 0 Å². The SMILES string of the molecule is CO[C@@H]([C@@H]1CCCN1)[C@@H](C)C(=O)N[C@H](C(=O)N1CCCCO1)C(C)c1ccccc1. The number of hydrogen-bond acceptors (Lipinski definition) is 5. The lowest BCUT2D eigenvalue weighted by atomic mass is 9.90. The van der Waals surface area contributed by atoms with E-state index in [-0.39, 0.29) is 35.8 Å². The number of carbonyl (C=O) groups is 2. The highest BCUT2D eigenvalue weighted by Crippen LogP contribution is 2.24. The van der Waals surface area contributed by atoms with Crippen LogP contribution < -0.4 is 10.6 Å². The van der Waals surface area contributed by atoms with E-state index in [1.54, 1.807) is 7.11 Å². The summed E-state index contributed by atoms with van der Waals surface area (Å²) in [5.41, 5.74) is 1.00. The molecule has 0 spiro atoms. The molecule has 166 valence electrons. The second-order valence-corrected chi connectivity index (χ2v) is 8.36. The predicted octanol–water partition coefficient (Wildman–Crippen LogP) is 2.23. The Labute approximate surface area is 179 Å². The maximum Gasteiger partial charge on any atom is 0.269 e. The van der Waals surface area contributed by atoms with Gasteiger partial charge in [-0.15, -0.1) is 0 Å². The Kier molecular flexibility index (Phi) is 8.24. The first-order valence-corrected chi connectivity index (χ1v) is 11.1. The van der Waals surface area contributed by atoms with E-state index in [0.717, 1.165) is 37.8 Å². The van der Waals surface area contributed by atoms with Crippen LogP contribution in [-0.4, -0.2) is 61.9 Å². The summed E-state index contributed by atoms with van der Waals surface area (Å²) in [7, 11) is 1.64. The van der Waals surface area contributed by atoms with Gasteiger partial charge in [-0.1, -0.05) is 44.2 Å². The second-order valence-electron chi connectivity index (χ2n) is 8.36. The first-order chi connectivity index (χ1) is 14.5. The third-order valence-electron chi connectivity index (χ3n) is 6.31. The van der Waals surface area contributed by atoms with Crippen LogP contribution in [-0.2, 0) is 19.2 Å². The van der Waals surface area contributed by atoms with Crippen LogP contribution in [0.25, 0.3) is 0 Å². The quantitative estimate of drug-likeness (QED) is 0.678. The highest BCUT2D eigenvalue weighted by Gasteiger charge is 2.37. The molecule has 0 radical (unpaired) electrons. The molecule has 0 aromatic heterocycles. The predicted molar refractivity (Wildman–Crippen MR) is 115 cm³/mol. The van der Waals surface area contributed by atoms with E-state index in [0.29, 0.717) is 13.2 Å². The van der Waals surface area contributed by atoms with E-state index in [1.807, 2.05) is 44.2 Å². The molecule has 1 aromatic carbocycles. The normalized spacial score (nSPS) is 23.4. The fraction of sp³-hybridized carbons (Fsp3) is 0.652. The minimum Gasteiger partial charge on any atom is -0.379 e. The Hall–Kier alpha value is -1.96. The molecule has 2 fully saturated rings. The first-order valence-electron chi connectivity index (χ1n) is 11.1. The highest BCUT2D eigenvalue weighted by atomic mass is 16.7. The van der Waals surface area contributed by atoms with Gasteiger partial charge in [-0.3, -0.25) is 14.4 Å². The van der Waals surface area contributed by atoms with Crippen LogP contribution in [0.5, 0.6) is 0 Å². The number of rotatable bonds is 8. The molecule has 1 aromatic rings. The maximum absolute atomic E-state index is 13.3. The lowest BCUT2D eigenvalue weighted by molar-refractivity contribution is -0.200. The second kappa shape index (κ2) is 10.9. The summed E-state index contributed by atoms with van der Waals surface area (Å²) < 4.78 is 5.68. The molecule has 7 nitrogen and oxygen atoms in total. The molecule has 2 saturated heterocycles. The van der Waals surface area contributed by atoms with Crippen molar-refractivity contribution < 1.29 is 19.2 Å². The topological polar surface area (TPSA) is 79.9 Å². The van der Waals surface area contributed by atoms with Gasteiger partial charge in [-0.25, -0.2) is 5.06 Å². The smallest absolute Gasteiger partial charge is 0.269 e. The van der Waals surface area contributed by atoms with Gasteiger partial charge in [0.05, 0.1) is 18.6 Å². The molecule has 7 heteroatoms. The zero-order valence-electron chi connectivity index (χ0n) is 18.3. The Morgan fingerprint density at radius 2 is 1.97 bits per heavy atom. The molecule has 2 aliphatic heterocycles.